The van der Waals surface area contributed by atoms with Gasteiger partial charge in [-0.05, 0) is 57.1 Å². The minimum absolute atomic E-state index is 0. The Kier molecular flexibility index (Phi) is 13.7. The molecule has 166 valence electrons. The maximum Gasteiger partial charge on any atom is 0.191 e. The molecule has 0 amide bonds. The van der Waals surface area contributed by atoms with Crippen LogP contribution in [0.15, 0.2) is 29.3 Å². The number of hydrogen-bond donors (Lipinski definition) is 2. The van der Waals surface area contributed by atoms with Gasteiger partial charge in [0.25, 0.3) is 0 Å². The van der Waals surface area contributed by atoms with Crippen molar-refractivity contribution in [3.8, 4) is 5.75 Å². The molecule has 6 nitrogen and oxygen atoms in total. The molecule has 2 N–H and O–H groups in total. The molecule has 29 heavy (non-hydrogen) atoms. The number of halogens is 2. The maximum absolute atomic E-state index is 5.90. The van der Waals surface area contributed by atoms with E-state index in [-0.39, 0.29) is 30.1 Å². The maximum atomic E-state index is 5.90. The summed E-state index contributed by atoms with van der Waals surface area (Å²) in [4.78, 5) is 9.39. The lowest BCUT2D eigenvalue weighted by atomic mass is 10.2. The minimum atomic E-state index is 0. The molecule has 0 spiro atoms. The Balaban J connectivity index is 0.00000420. The fraction of sp³-hybridized carbons (Fsp3) is 0.667. The van der Waals surface area contributed by atoms with Gasteiger partial charge in [-0.2, -0.15) is 0 Å². The molecular formula is C21H37ClIN5O. The lowest BCUT2D eigenvalue weighted by molar-refractivity contribution is 0.136. The SMILES string of the molecule is CCN1CCN(CCCCNC(=NC)NCC(C)Oc2ccc(Cl)cc2)CC1.I. The zero-order chi connectivity index (χ0) is 20.2. The minimum Gasteiger partial charge on any atom is -0.489 e. The van der Waals surface area contributed by atoms with Gasteiger partial charge >= 0.3 is 0 Å². The normalized spacial score (nSPS) is 16.8. The van der Waals surface area contributed by atoms with Gasteiger partial charge in [0.15, 0.2) is 5.96 Å². The number of ether oxygens (including phenoxy) is 1. The van der Waals surface area contributed by atoms with E-state index in [1.54, 1.807) is 7.05 Å². The van der Waals surface area contributed by atoms with Gasteiger partial charge in [-0.25, -0.2) is 0 Å². The summed E-state index contributed by atoms with van der Waals surface area (Å²) in [6.45, 7) is 13.1. The van der Waals surface area contributed by atoms with Crippen LogP contribution < -0.4 is 15.4 Å². The van der Waals surface area contributed by atoms with Gasteiger partial charge in [-0.15, -0.1) is 24.0 Å². The van der Waals surface area contributed by atoms with Crippen molar-refractivity contribution in [2.24, 2.45) is 4.99 Å². The van der Waals surface area contributed by atoms with Gasteiger partial charge in [0.2, 0.25) is 0 Å². The second-order valence-electron chi connectivity index (χ2n) is 7.25. The fourth-order valence-electron chi connectivity index (χ4n) is 3.24. The number of rotatable bonds is 10. The summed E-state index contributed by atoms with van der Waals surface area (Å²) in [5.41, 5.74) is 0. The first-order valence-electron chi connectivity index (χ1n) is 10.4. The first-order chi connectivity index (χ1) is 13.6. The second kappa shape index (κ2) is 15.1. The van der Waals surface area contributed by atoms with Crippen LogP contribution in [0.4, 0.5) is 0 Å². The molecule has 0 radical (unpaired) electrons. The van der Waals surface area contributed by atoms with Crippen LogP contribution in [0.1, 0.15) is 26.7 Å². The first-order valence-corrected chi connectivity index (χ1v) is 10.8. The van der Waals surface area contributed by atoms with Crippen LogP contribution in [0.3, 0.4) is 0 Å². The monoisotopic (exact) mass is 537 g/mol. The molecule has 1 aromatic carbocycles. The zero-order valence-corrected chi connectivity index (χ0v) is 21.1. The van der Waals surface area contributed by atoms with Gasteiger partial charge in [0.05, 0.1) is 6.54 Å². The molecule has 8 heteroatoms. The van der Waals surface area contributed by atoms with Gasteiger partial charge < -0.3 is 25.2 Å². The van der Waals surface area contributed by atoms with E-state index in [9.17, 15) is 0 Å². The van der Waals surface area contributed by atoms with E-state index in [4.69, 9.17) is 16.3 Å². The number of benzene rings is 1. The van der Waals surface area contributed by atoms with Crippen LogP contribution in [0.5, 0.6) is 5.75 Å². The van der Waals surface area contributed by atoms with Crippen molar-refractivity contribution in [3.63, 3.8) is 0 Å². The Hall–Kier alpha value is -0.770. The smallest absolute Gasteiger partial charge is 0.191 e. The molecule has 1 aliphatic heterocycles. The zero-order valence-electron chi connectivity index (χ0n) is 18.0. The lowest BCUT2D eigenvalue weighted by Gasteiger charge is -2.34. The summed E-state index contributed by atoms with van der Waals surface area (Å²) >= 11 is 5.90. The highest BCUT2D eigenvalue weighted by atomic mass is 127. The standard InChI is InChI=1S/C21H36ClN5O.HI/c1-4-26-13-15-27(16-14-26)12-6-5-11-24-21(23-3)25-17-18(2)28-20-9-7-19(22)8-10-20;/h7-10,18H,4-6,11-17H2,1-3H3,(H2,23,24,25);1H. The number of nitrogens with one attached hydrogen (secondary N) is 2. The van der Waals surface area contributed by atoms with Crippen LogP contribution in [-0.4, -0.2) is 81.3 Å². The average molecular weight is 538 g/mol. The number of hydrogen-bond acceptors (Lipinski definition) is 4. The Morgan fingerprint density at radius 2 is 1.76 bits per heavy atom. The molecule has 1 atom stereocenters. The number of piperazine rings is 1. The van der Waals surface area contributed by atoms with Crippen molar-refractivity contribution in [3.05, 3.63) is 29.3 Å². The van der Waals surface area contributed by atoms with Crippen molar-refractivity contribution < 1.29 is 4.74 Å². The predicted octanol–water partition coefficient (Wildman–Crippen LogP) is 3.31. The van der Waals surface area contributed by atoms with Crippen LogP contribution in [0, 0.1) is 0 Å². The molecule has 1 aliphatic rings. The summed E-state index contributed by atoms with van der Waals surface area (Å²) in [6, 6.07) is 7.44. The van der Waals surface area contributed by atoms with Crippen LogP contribution >= 0.6 is 35.6 Å². The number of aliphatic imine (C=N–C) groups is 1. The van der Waals surface area contributed by atoms with Crippen molar-refractivity contribution in [1.29, 1.82) is 0 Å². The molecule has 2 rings (SSSR count). The van der Waals surface area contributed by atoms with Gasteiger partial charge in [-0.3, -0.25) is 4.99 Å². The quantitative estimate of drug-likeness (QED) is 0.208. The summed E-state index contributed by atoms with van der Waals surface area (Å²) in [5.74, 6) is 1.64. The molecule has 1 fully saturated rings. The third-order valence-corrected chi connectivity index (χ3v) is 5.29. The molecular weight excluding hydrogens is 501 g/mol. The number of unbranched alkanes of at least 4 members (excludes halogenated alkanes) is 1. The summed E-state index contributed by atoms with van der Waals surface area (Å²) in [6.07, 6.45) is 2.39. The molecule has 1 aromatic rings. The number of nitrogens with zero attached hydrogens (tertiary/aromatic N) is 3. The summed E-state index contributed by atoms with van der Waals surface area (Å²) in [5, 5.41) is 7.43. The topological polar surface area (TPSA) is 52.1 Å². The van der Waals surface area contributed by atoms with Crippen molar-refractivity contribution >= 4 is 41.5 Å². The molecule has 1 saturated heterocycles. The van der Waals surface area contributed by atoms with E-state index in [2.05, 4.69) is 32.3 Å². The second-order valence-corrected chi connectivity index (χ2v) is 7.68. The summed E-state index contributed by atoms with van der Waals surface area (Å²) in [7, 11) is 1.80. The molecule has 0 saturated carbocycles. The third kappa shape index (κ3) is 10.7. The molecule has 0 aliphatic carbocycles. The average Bonchev–Trinajstić information content (AvgIpc) is 2.72. The highest BCUT2D eigenvalue weighted by Crippen LogP contribution is 2.16. The van der Waals surface area contributed by atoms with Gasteiger partial charge in [-0.1, -0.05) is 18.5 Å². The molecule has 1 heterocycles. The van der Waals surface area contributed by atoms with Gasteiger partial charge in [0, 0.05) is 44.8 Å². The van der Waals surface area contributed by atoms with Crippen molar-refractivity contribution in [2.75, 3.05) is 59.4 Å². The van der Waals surface area contributed by atoms with Crippen molar-refractivity contribution in [1.82, 2.24) is 20.4 Å². The highest BCUT2D eigenvalue weighted by molar-refractivity contribution is 14.0. The Morgan fingerprint density at radius 3 is 2.38 bits per heavy atom. The van der Waals surface area contributed by atoms with Gasteiger partial charge in [0.1, 0.15) is 11.9 Å². The highest BCUT2D eigenvalue weighted by Gasteiger charge is 2.14. The van der Waals surface area contributed by atoms with E-state index in [0.717, 1.165) is 24.7 Å². The van der Waals surface area contributed by atoms with E-state index in [1.807, 2.05) is 31.2 Å². The molecule has 0 bridgehead atoms. The van der Waals surface area contributed by atoms with E-state index in [0.29, 0.717) is 11.6 Å². The fourth-order valence-corrected chi connectivity index (χ4v) is 3.37. The van der Waals surface area contributed by atoms with Crippen molar-refractivity contribution in [2.45, 2.75) is 32.8 Å². The third-order valence-electron chi connectivity index (χ3n) is 5.04. The van der Waals surface area contributed by atoms with E-state index < -0.39 is 0 Å². The molecule has 0 aromatic heterocycles. The van der Waals surface area contributed by atoms with E-state index >= 15 is 0 Å². The Labute approximate surface area is 198 Å². The largest absolute Gasteiger partial charge is 0.489 e. The van der Waals surface area contributed by atoms with Crippen LogP contribution in [0.25, 0.3) is 0 Å². The van der Waals surface area contributed by atoms with Crippen LogP contribution in [-0.2, 0) is 0 Å². The Bertz CT molecular complexity index is 579. The predicted molar refractivity (Wildman–Crippen MR) is 134 cm³/mol. The first kappa shape index (κ1) is 26.3. The molecule has 1 unspecified atom stereocenters. The van der Waals surface area contributed by atoms with E-state index in [1.165, 1.54) is 45.7 Å². The number of guanidine groups is 1. The lowest BCUT2D eigenvalue weighted by Crippen LogP contribution is -2.46. The number of likely N-dealkylation sites (N-methyl/N-ethyl adjacent to an activating group) is 1. The van der Waals surface area contributed by atoms with Crippen LogP contribution in [0.2, 0.25) is 5.02 Å². The Morgan fingerprint density at radius 1 is 1.10 bits per heavy atom. The summed E-state index contributed by atoms with van der Waals surface area (Å²) < 4.78 is 5.88.